The maximum Gasteiger partial charge on any atom is 0.257 e. The Balaban J connectivity index is 1.42. The largest absolute Gasteiger partial charge is 0.454 e. The fraction of sp³-hybridized carbons (Fsp3) is 0.353. The van der Waals surface area contributed by atoms with Crippen LogP contribution in [0.4, 0.5) is 11.6 Å². The number of likely N-dealkylation sites (N-methyl/N-ethyl adjacent to an activating group) is 1. The molecule has 1 fully saturated rings. The number of carbonyl (C=O) groups is 1. The SMILES string of the molecule is CN1CCN(C(=O)c2cnc(Nc3ccc4c(c3)OCO4)nc2)CC1. The maximum absolute atomic E-state index is 12.5. The minimum atomic E-state index is -0.0253. The zero-order chi connectivity index (χ0) is 17.2. The number of hydrogen-bond acceptors (Lipinski definition) is 7. The first-order valence-corrected chi connectivity index (χ1v) is 8.15. The van der Waals surface area contributed by atoms with Gasteiger partial charge in [-0.15, -0.1) is 0 Å². The fourth-order valence-electron chi connectivity index (χ4n) is 2.80. The molecule has 1 N–H and O–H groups in total. The van der Waals surface area contributed by atoms with Gasteiger partial charge in [-0.25, -0.2) is 9.97 Å². The first kappa shape index (κ1) is 15.6. The lowest BCUT2D eigenvalue weighted by molar-refractivity contribution is 0.0663. The molecule has 3 heterocycles. The van der Waals surface area contributed by atoms with Gasteiger partial charge in [-0.3, -0.25) is 4.79 Å². The van der Waals surface area contributed by atoms with Gasteiger partial charge in [0, 0.05) is 50.3 Å². The first-order valence-electron chi connectivity index (χ1n) is 8.15. The van der Waals surface area contributed by atoms with Crippen LogP contribution >= 0.6 is 0 Å². The Bertz CT molecular complexity index is 772. The normalized spacial score (nSPS) is 16.8. The fourth-order valence-corrected chi connectivity index (χ4v) is 2.80. The van der Waals surface area contributed by atoms with E-state index in [4.69, 9.17) is 9.47 Å². The van der Waals surface area contributed by atoms with E-state index in [2.05, 4.69) is 27.2 Å². The smallest absolute Gasteiger partial charge is 0.257 e. The van der Waals surface area contributed by atoms with Crippen molar-refractivity contribution < 1.29 is 14.3 Å². The van der Waals surface area contributed by atoms with E-state index in [1.165, 1.54) is 0 Å². The van der Waals surface area contributed by atoms with Crippen LogP contribution in [0.2, 0.25) is 0 Å². The van der Waals surface area contributed by atoms with Crippen molar-refractivity contribution in [2.24, 2.45) is 0 Å². The molecule has 1 aromatic carbocycles. The van der Waals surface area contributed by atoms with Gasteiger partial charge in [0.15, 0.2) is 11.5 Å². The molecule has 0 radical (unpaired) electrons. The Kier molecular flexibility index (Phi) is 4.10. The topological polar surface area (TPSA) is 79.8 Å². The van der Waals surface area contributed by atoms with Crippen LogP contribution < -0.4 is 14.8 Å². The highest BCUT2D eigenvalue weighted by atomic mass is 16.7. The summed E-state index contributed by atoms with van der Waals surface area (Å²) in [6, 6.07) is 5.52. The molecule has 0 atom stereocenters. The molecule has 0 unspecified atom stereocenters. The Hall–Kier alpha value is -2.87. The summed E-state index contributed by atoms with van der Waals surface area (Å²) in [5.74, 6) is 1.81. The van der Waals surface area contributed by atoms with Gasteiger partial charge in [-0.1, -0.05) is 0 Å². The minimum absolute atomic E-state index is 0.0253. The van der Waals surface area contributed by atoms with Gasteiger partial charge in [-0.05, 0) is 19.2 Å². The molecule has 1 amide bonds. The van der Waals surface area contributed by atoms with E-state index in [0.29, 0.717) is 17.3 Å². The number of piperazine rings is 1. The van der Waals surface area contributed by atoms with Gasteiger partial charge in [0.2, 0.25) is 12.7 Å². The number of aromatic nitrogens is 2. The van der Waals surface area contributed by atoms with Crippen LogP contribution in [0, 0.1) is 0 Å². The molecular formula is C17H19N5O3. The summed E-state index contributed by atoms with van der Waals surface area (Å²) in [4.78, 5) is 25.0. The molecule has 0 saturated carbocycles. The third-order valence-electron chi connectivity index (χ3n) is 4.32. The Morgan fingerprint density at radius 1 is 1.08 bits per heavy atom. The van der Waals surface area contributed by atoms with Gasteiger partial charge in [0.05, 0.1) is 5.56 Å². The molecule has 2 aliphatic rings. The molecule has 130 valence electrons. The lowest BCUT2D eigenvalue weighted by Gasteiger charge is -2.32. The monoisotopic (exact) mass is 341 g/mol. The van der Waals surface area contributed by atoms with Crippen molar-refractivity contribution in [3.05, 3.63) is 36.2 Å². The quantitative estimate of drug-likeness (QED) is 0.902. The first-order chi connectivity index (χ1) is 12.2. The molecule has 0 spiro atoms. The predicted octanol–water partition coefficient (Wildman–Crippen LogP) is 1.34. The summed E-state index contributed by atoms with van der Waals surface area (Å²) < 4.78 is 10.6. The van der Waals surface area contributed by atoms with E-state index in [1.807, 2.05) is 23.1 Å². The molecule has 8 nitrogen and oxygen atoms in total. The average molecular weight is 341 g/mol. The highest BCUT2D eigenvalue weighted by Crippen LogP contribution is 2.34. The molecule has 25 heavy (non-hydrogen) atoms. The molecule has 2 aromatic rings. The van der Waals surface area contributed by atoms with Gasteiger partial charge in [-0.2, -0.15) is 0 Å². The van der Waals surface area contributed by atoms with Crippen LogP contribution in [0.15, 0.2) is 30.6 Å². The Labute approximate surface area is 145 Å². The number of nitrogens with zero attached hydrogens (tertiary/aromatic N) is 4. The lowest BCUT2D eigenvalue weighted by atomic mass is 10.2. The average Bonchev–Trinajstić information content (AvgIpc) is 3.10. The van der Waals surface area contributed by atoms with E-state index in [1.54, 1.807) is 12.4 Å². The van der Waals surface area contributed by atoms with Crippen LogP contribution in [0.3, 0.4) is 0 Å². The summed E-state index contributed by atoms with van der Waals surface area (Å²) in [5, 5.41) is 3.10. The molecule has 1 aromatic heterocycles. The maximum atomic E-state index is 12.5. The number of carbonyl (C=O) groups excluding carboxylic acids is 1. The van der Waals surface area contributed by atoms with Crippen molar-refractivity contribution in [3.63, 3.8) is 0 Å². The number of amides is 1. The standard InChI is InChI=1S/C17H19N5O3/c1-21-4-6-22(7-5-21)16(23)12-9-18-17(19-10-12)20-13-2-3-14-15(8-13)25-11-24-14/h2-3,8-10H,4-7,11H2,1H3,(H,18,19,20). The van der Waals surface area contributed by atoms with Gasteiger partial charge >= 0.3 is 0 Å². The Morgan fingerprint density at radius 3 is 2.56 bits per heavy atom. The lowest BCUT2D eigenvalue weighted by Crippen LogP contribution is -2.47. The molecular weight excluding hydrogens is 322 g/mol. The number of benzene rings is 1. The van der Waals surface area contributed by atoms with Crippen molar-refractivity contribution in [1.29, 1.82) is 0 Å². The zero-order valence-corrected chi connectivity index (χ0v) is 13.9. The molecule has 2 aliphatic heterocycles. The van der Waals surface area contributed by atoms with Crippen LogP contribution in [0.5, 0.6) is 11.5 Å². The summed E-state index contributed by atoms with van der Waals surface area (Å²) in [5.41, 5.74) is 1.29. The van der Waals surface area contributed by atoms with Crippen molar-refractivity contribution in [2.75, 3.05) is 45.3 Å². The third kappa shape index (κ3) is 3.34. The van der Waals surface area contributed by atoms with Crippen LogP contribution in [0.1, 0.15) is 10.4 Å². The number of hydrogen-bond donors (Lipinski definition) is 1. The minimum Gasteiger partial charge on any atom is -0.454 e. The highest BCUT2D eigenvalue weighted by Gasteiger charge is 2.21. The second-order valence-corrected chi connectivity index (χ2v) is 6.08. The van der Waals surface area contributed by atoms with Gasteiger partial charge in [0.1, 0.15) is 0 Å². The summed E-state index contributed by atoms with van der Waals surface area (Å²) in [6.45, 7) is 3.46. The van der Waals surface area contributed by atoms with Crippen LogP contribution in [-0.2, 0) is 0 Å². The number of rotatable bonds is 3. The molecule has 8 heteroatoms. The third-order valence-corrected chi connectivity index (χ3v) is 4.32. The van der Waals surface area contributed by atoms with E-state index in [9.17, 15) is 4.79 Å². The van der Waals surface area contributed by atoms with Crippen molar-refractivity contribution >= 4 is 17.5 Å². The van der Waals surface area contributed by atoms with E-state index in [0.717, 1.165) is 37.6 Å². The second-order valence-electron chi connectivity index (χ2n) is 6.08. The summed E-state index contributed by atoms with van der Waals surface area (Å²) in [6.07, 6.45) is 3.12. The number of anilines is 2. The van der Waals surface area contributed by atoms with Crippen molar-refractivity contribution in [2.45, 2.75) is 0 Å². The van der Waals surface area contributed by atoms with Crippen molar-refractivity contribution in [1.82, 2.24) is 19.8 Å². The number of nitrogens with one attached hydrogen (secondary N) is 1. The Morgan fingerprint density at radius 2 is 1.80 bits per heavy atom. The molecule has 4 rings (SSSR count). The predicted molar refractivity (Wildman–Crippen MR) is 91.3 cm³/mol. The van der Waals surface area contributed by atoms with Gasteiger partial charge < -0.3 is 24.6 Å². The number of ether oxygens (including phenoxy) is 2. The van der Waals surface area contributed by atoms with Crippen molar-refractivity contribution in [3.8, 4) is 11.5 Å². The number of fused-ring (bicyclic) bond motifs is 1. The molecule has 1 saturated heterocycles. The van der Waals surface area contributed by atoms with Gasteiger partial charge in [0.25, 0.3) is 5.91 Å². The highest BCUT2D eigenvalue weighted by molar-refractivity contribution is 5.93. The summed E-state index contributed by atoms with van der Waals surface area (Å²) in [7, 11) is 2.06. The van der Waals surface area contributed by atoms with E-state index in [-0.39, 0.29) is 12.7 Å². The zero-order valence-electron chi connectivity index (χ0n) is 13.9. The summed E-state index contributed by atoms with van der Waals surface area (Å²) >= 11 is 0. The molecule has 0 aliphatic carbocycles. The van der Waals surface area contributed by atoms with Crippen LogP contribution in [0.25, 0.3) is 0 Å². The van der Waals surface area contributed by atoms with E-state index < -0.39 is 0 Å². The second kappa shape index (κ2) is 6.56. The van der Waals surface area contributed by atoms with E-state index >= 15 is 0 Å². The van der Waals surface area contributed by atoms with Crippen LogP contribution in [-0.4, -0.2) is 65.7 Å². The molecule has 0 bridgehead atoms.